The number of hydrogen-bond acceptors (Lipinski definition) is 7. The highest BCUT2D eigenvalue weighted by molar-refractivity contribution is 5.97. The van der Waals surface area contributed by atoms with Gasteiger partial charge in [-0.05, 0) is 31.1 Å². The van der Waals surface area contributed by atoms with Crippen LogP contribution in [0.5, 0.6) is 11.5 Å². The maximum Gasteiger partial charge on any atom is 0.342 e. The number of cyclic esters (lactones) is 1. The summed E-state index contributed by atoms with van der Waals surface area (Å²) in [6.45, 7) is 3.34. The fourth-order valence-electron chi connectivity index (χ4n) is 2.48. The van der Waals surface area contributed by atoms with E-state index in [1.54, 1.807) is 13.8 Å². The van der Waals surface area contributed by atoms with Crippen molar-refractivity contribution in [2.45, 2.75) is 38.6 Å². The number of phenolic OH excluding ortho intramolecular Hbond substituents is 2. The van der Waals surface area contributed by atoms with Gasteiger partial charge in [-0.1, -0.05) is 25.2 Å². The Morgan fingerprint density at radius 3 is 2.46 bits per heavy atom. The minimum Gasteiger partial charge on any atom is -0.508 e. The second-order valence-corrected chi connectivity index (χ2v) is 6.31. The van der Waals surface area contributed by atoms with Gasteiger partial charge in [0, 0.05) is 12.0 Å². The third-order valence-electron chi connectivity index (χ3n) is 4.27. The van der Waals surface area contributed by atoms with Crippen molar-refractivity contribution in [1.29, 1.82) is 0 Å². The van der Waals surface area contributed by atoms with E-state index in [2.05, 4.69) is 0 Å². The summed E-state index contributed by atoms with van der Waals surface area (Å²) >= 11 is 0. The van der Waals surface area contributed by atoms with Gasteiger partial charge in [-0.3, -0.25) is 4.79 Å². The topological polar surface area (TPSA) is 124 Å². The van der Waals surface area contributed by atoms with E-state index in [4.69, 9.17) is 4.74 Å². The number of benzene rings is 1. The van der Waals surface area contributed by atoms with Crippen molar-refractivity contribution in [2.75, 3.05) is 0 Å². The van der Waals surface area contributed by atoms with Gasteiger partial charge in [0.1, 0.15) is 29.3 Å². The normalized spacial score (nSPS) is 30.0. The van der Waals surface area contributed by atoms with Gasteiger partial charge >= 0.3 is 5.97 Å². The average molecular weight is 362 g/mol. The Morgan fingerprint density at radius 2 is 1.77 bits per heavy atom. The molecule has 0 radical (unpaired) electrons. The summed E-state index contributed by atoms with van der Waals surface area (Å²) < 4.78 is 5.35. The first-order valence-electron chi connectivity index (χ1n) is 8.22. The third-order valence-corrected chi connectivity index (χ3v) is 4.27. The average Bonchev–Trinajstić information content (AvgIpc) is 2.56. The molecule has 1 aliphatic rings. The zero-order valence-electron chi connectivity index (χ0n) is 14.5. The molecule has 0 spiro atoms. The van der Waals surface area contributed by atoms with Crippen LogP contribution in [0.4, 0.5) is 0 Å². The van der Waals surface area contributed by atoms with Crippen LogP contribution < -0.4 is 0 Å². The molecular weight excluding hydrogens is 340 g/mol. The van der Waals surface area contributed by atoms with Crippen LogP contribution in [0.15, 0.2) is 30.4 Å². The Hall–Kier alpha value is -2.64. The Kier molecular flexibility index (Phi) is 6.18. The highest BCUT2D eigenvalue weighted by atomic mass is 16.5. The van der Waals surface area contributed by atoms with Crippen molar-refractivity contribution in [2.24, 2.45) is 5.92 Å². The smallest absolute Gasteiger partial charge is 0.342 e. The summed E-state index contributed by atoms with van der Waals surface area (Å²) in [4.78, 5) is 24.4. The molecule has 0 saturated heterocycles. The number of hydrogen-bond donors (Lipinski definition) is 4. The number of aliphatic hydroxyl groups excluding tert-OH is 2. The van der Waals surface area contributed by atoms with E-state index in [1.165, 1.54) is 24.3 Å². The van der Waals surface area contributed by atoms with Crippen LogP contribution in [0, 0.1) is 5.92 Å². The molecule has 0 aliphatic carbocycles. The molecule has 4 N–H and O–H groups in total. The van der Waals surface area contributed by atoms with Crippen LogP contribution in [-0.2, 0) is 9.53 Å². The molecule has 0 bridgehead atoms. The number of fused-ring (bicyclic) bond motifs is 1. The molecule has 4 atom stereocenters. The standard InChI is InChI=1S/C19H22O7/c1-10-6-7-15(22)18(24)14(21)5-3-4-12-8-13(20)9-16(23)17(12)19(25)26-11(10)2/h3-4,6-11,14,18,20-21,23-24H,5H2,1-2H3/b4-3+,7-6-/t10-,11+,14?,18?/m1/s1. The number of aromatic hydroxyl groups is 2. The van der Waals surface area contributed by atoms with Gasteiger partial charge in [0.2, 0.25) is 0 Å². The first kappa shape index (κ1) is 19.7. The molecule has 1 heterocycles. The van der Waals surface area contributed by atoms with E-state index < -0.39 is 35.8 Å². The maximum atomic E-state index is 12.5. The molecule has 26 heavy (non-hydrogen) atoms. The van der Waals surface area contributed by atoms with E-state index in [9.17, 15) is 30.0 Å². The number of rotatable bonds is 0. The van der Waals surface area contributed by atoms with E-state index in [-0.39, 0.29) is 29.2 Å². The molecule has 0 aromatic heterocycles. The molecule has 0 amide bonds. The minimum atomic E-state index is -1.58. The van der Waals surface area contributed by atoms with Gasteiger partial charge in [-0.15, -0.1) is 0 Å². The Bertz CT molecular complexity index is 750. The third kappa shape index (κ3) is 4.50. The van der Waals surface area contributed by atoms with Crippen LogP contribution >= 0.6 is 0 Å². The van der Waals surface area contributed by atoms with Crippen molar-refractivity contribution in [3.63, 3.8) is 0 Å². The largest absolute Gasteiger partial charge is 0.508 e. The van der Waals surface area contributed by atoms with Crippen molar-refractivity contribution in [3.8, 4) is 11.5 Å². The molecule has 140 valence electrons. The predicted molar refractivity (Wildman–Crippen MR) is 93.6 cm³/mol. The lowest BCUT2D eigenvalue weighted by molar-refractivity contribution is -0.127. The molecule has 1 aliphatic heterocycles. The first-order valence-corrected chi connectivity index (χ1v) is 8.22. The van der Waals surface area contributed by atoms with Gasteiger partial charge in [-0.25, -0.2) is 4.79 Å². The van der Waals surface area contributed by atoms with Gasteiger partial charge in [0.25, 0.3) is 0 Å². The van der Waals surface area contributed by atoms with Crippen LogP contribution in [0.1, 0.15) is 36.2 Å². The van der Waals surface area contributed by atoms with E-state index in [0.29, 0.717) is 0 Å². The SMILES string of the molecule is C[C@@H]1/C=C\C(=O)C(O)C(O)C/C=C/c2cc(O)cc(O)c2C(=O)O[C@H]1C. The monoisotopic (exact) mass is 362 g/mol. The lowest BCUT2D eigenvalue weighted by atomic mass is 9.99. The molecule has 7 heteroatoms. The van der Waals surface area contributed by atoms with Gasteiger partial charge < -0.3 is 25.2 Å². The summed E-state index contributed by atoms with van der Waals surface area (Å²) in [6, 6.07) is 2.29. The minimum absolute atomic E-state index is 0.0718. The summed E-state index contributed by atoms with van der Waals surface area (Å²) in [5, 5.41) is 39.5. The Balaban J connectivity index is 2.48. The summed E-state index contributed by atoms with van der Waals surface area (Å²) in [5.74, 6) is -2.47. The van der Waals surface area contributed by atoms with Gasteiger partial charge in [0.15, 0.2) is 5.78 Å². The fourth-order valence-corrected chi connectivity index (χ4v) is 2.48. The Labute approximate surface area is 150 Å². The highest BCUT2D eigenvalue weighted by Gasteiger charge is 2.25. The molecule has 1 aromatic carbocycles. The molecule has 2 rings (SSSR count). The number of carbonyl (C=O) groups excluding carboxylic acids is 2. The Morgan fingerprint density at radius 1 is 1.08 bits per heavy atom. The van der Waals surface area contributed by atoms with Crippen molar-refractivity contribution >= 4 is 17.8 Å². The molecule has 7 nitrogen and oxygen atoms in total. The predicted octanol–water partition coefficient (Wildman–Crippen LogP) is 1.54. The zero-order valence-corrected chi connectivity index (χ0v) is 14.5. The quantitative estimate of drug-likeness (QED) is 0.516. The number of ether oxygens (including phenoxy) is 1. The van der Waals surface area contributed by atoms with Crippen LogP contribution in [0.2, 0.25) is 0 Å². The van der Waals surface area contributed by atoms with E-state index in [0.717, 1.165) is 12.1 Å². The van der Waals surface area contributed by atoms with Crippen molar-refractivity contribution in [3.05, 3.63) is 41.5 Å². The second-order valence-electron chi connectivity index (χ2n) is 6.31. The van der Waals surface area contributed by atoms with Gasteiger partial charge in [-0.2, -0.15) is 0 Å². The summed E-state index contributed by atoms with van der Waals surface area (Å²) in [6.07, 6.45) is 1.84. The molecule has 0 saturated carbocycles. The van der Waals surface area contributed by atoms with Crippen LogP contribution in [0.3, 0.4) is 0 Å². The zero-order chi connectivity index (χ0) is 19.4. The van der Waals surface area contributed by atoms with Crippen molar-refractivity contribution in [1.82, 2.24) is 0 Å². The van der Waals surface area contributed by atoms with E-state index in [1.807, 2.05) is 0 Å². The van der Waals surface area contributed by atoms with Crippen LogP contribution in [0.25, 0.3) is 6.08 Å². The lowest BCUT2D eigenvalue weighted by Crippen LogP contribution is -2.32. The van der Waals surface area contributed by atoms with Gasteiger partial charge in [0.05, 0.1) is 6.10 Å². The molecule has 1 aromatic rings. The second kappa shape index (κ2) is 8.16. The fraction of sp³-hybridized carbons (Fsp3) is 0.368. The first-order chi connectivity index (χ1) is 12.2. The maximum absolute atomic E-state index is 12.5. The molecule has 2 unspecified atom stereocenters. The lowest BCUT2D eigenvalue weighted by Gasteiger charge is -2.20. The molecule has 0 fully saturated rings. The summed E-state index contributed by atoms with van der Waals surface area (Å²) in [7, 11) is 0. The van der Waals surface area contributed by atoms with Crippen molar-refractivity contribution < 1.29 is 34.8 Å². The number of esters is 1. The number of ketones is 1. The number of carbonyl (C=O) groups is 2. The van der Waals surface area contributed by atoms with Crippen LogP contribution in [-0.4, -0.2) is 50.5 Å². The summed E-state index contributed by atoms with van der Waals surface area (Å²) in [5.41, 5.74) is 0.0678. The number of phenols is 2. The number of aliphatic hydroxyl groups is 2. The van der Waals surface area contributed by atoms with E-state index >= 15 is 0 Å². The highest BCUT2D eigenvalue weighted by Crippen LogP contribution is 2.30. The molecular formula is C19H22O7.